The number of aryl methyl sites for hydroxylation is 2. The van der Waals surface area contributed by atoms with Crippen molar-refractivity contribution >= 4 is 11.3 Å². The van der Waals surface area contributed by atoms with Gasteiger partial charge in [-0.1, -0.05) is 0 Å². The van der Waals surface area contributed by atoms with Gasteiger partial charge in [0.15, 0.2) is 0 Å². The maximum atomic E-state index is 4.27. The van der Waals surface area contributed by atoms with Crippen molar-refractivity contribution in [2.45, 2.75) is 32.7 Å². The molecule has 17 heavy (non-hydrogen) atoms. The van der Waals surface area contributed by atoms with Crippen molar-refractivity contribution in [1.29, 1.82) is 0 Å². The molecule has 0 saturated carbocycles. The zero-order valence-corrected chi connectivity index (χ0v) is 11.0. The van der Waals surface area contributed by atoms with E-state index in [1.165, 1.54) is 4.88 Å². The van der Waals surface area contributed by atoms with Gasteiger partial charge in [-0.05, 0) is 26.8 Å². The fourth-order valence-electron chi connectivity index (χ4n) is 1.83. The third kappa shape index (κ3) is 3.38. The first-order valence-electron chi connectivity index (χ1n) is 5.89. The van der Waals surface area contributed by atoms with E-state index in [9.17, 15) is 0 Å². The molecule has 0 fully saturated rings. The SMILES string of the molecule is Cc1ncsc1C(C)NCCCc1ncc[nH]1. The van der Waals surface area contributed by atoms with Gasteiger partial charge in [-0.15, -0.1) is 11.3 Å². The molecule has 0 radical (unpaired) electrons. The van der Waals surface area contributed by atoms with Gasteiger partial charge in [-0.2, -0.15) is 0 Å². The van der Waals surface area contributed by atoms with E-state index in [0.29, 0.717) is 6.04 Å². The molecule has 0 bridgehead atoms. The van der Waals surface area contributed by atoms with E-state index >= 15 is 0 Å². The summed E-state index contributed by atoms with van der Waals surface area (Å²) in [6, 6.07) is 0.388. The minimum absolute atomic E-state index is 0.388. The van der Waals surface area contributed by atoms with Gasteiger partial charge in [-0.25, -0.2) is 9.97 Å². The number of hydrogen-bond donors (Lipinski definition) is 2. The van der Waals surface area contributed by atoms with E-state index in [-0.39, 0.29) is 0 Å². The number of thiazole rings is 1. The van der Waals surface area contributed by atoms with Gasteiger partial charge in [0.2, 0.25) is 0 Å². The summed E-state index contributed by atoms with van der Waals surface area (Å²) in [6.45, 7) is 5.25. The van der Waals surface area contributed by atoms with E-state index in [1.54, 1.807) is 17.5 Å². The Morgan fingerprint density at radius 1 is 1.47 bits per heavy atom. The number of imidazole rings is 1. The number of nitrogens with zero attached hydrogens (tertiary/aromatic N) is 2. The number of rotatable bonds is 6. The molecule has 2 heterocycles. The lowest BCUT2D eigenvalue weighted by atomic mass is 10.2. The van der Waals surface area contributed by atoms with Crippen molar-refractivity contribution in [3.8, 4) is 0 Å². The van der Waals surface area contributed by atoms with Crippen LogP contribution >= 0.6 is 11.3 Å². The predicted octanol–water partition coefficient (Wildman–Crippen LogP) is 2.46. The second kappa shape index (κ2) is 5.93. The lowest BCUT2D eigenvalue weighted by Gasteiger charge is -2.12. The van der Waals surface area contributed by atoms with E-state index in [2.05, 4.69) is 34.1 Å². The third-order valence-corrected chi connectivity index (χ3v) is 3.89. The van der Waals surface area contributed by atoms with Gasteiger partial charge in [0.1, 0.15) is 5.82 Å². The first-order valence-corrected chi connectivity index (χ1v) is 6.77. The Balaban J connectivity index is 1.70. The smallest absolute Gasteiger partial charge is 0.106 e. The molecule has 0 saturated heterocycles. The second-order valence-corrected chi connectivity index (χ2v) is 5.00. The second-order valence-electron chi connectivity index (χ2n) is 4.12. The Labute approximate surface area is 106 Å². The molecule has 92 valence electrons. The van der Waals surface area contributed by atoms with Crippen molar-refractivity contribution in [3.63, 3.8) is 0 Å². The van der Waals surface area contributed by atoms with Crippen LogP contribution in [0.3, 0.4) is 0 Å². The van der Waals surface area contributed by atoms with E-state index in [0.717, 1.165) is 30.9 Å². The first kappa shape index (κ1) is 12.3. The quantitative estimate of drug-likeness (QED) is 0.774. The topological polar surface area (TPSA) is 53.6 Å². The molecule has 0 aromatic carbocycles. The van der Waals surface area contributed by atoms with Crippen LogP contribution in [0, 0.1) is 6.92 Å². The third-order valence-electron chi connectivity index (χ3n) is 2.77. The molecule has 2 rings (SSSR count). The molecule has 0 amide bonds. The molecular weight excluding hydrogens is 232 g/mol. The van der Waals surface area contributed by atoms with Crippen LogP contribution in [0.5, 0.6) is 0 Å². The van der Waals surface area contributed by atoms with Gasteiger partial charge in [-0.3, -0.25) is 0 Å². The molecule has 2 aromatic rings. The van der Waals surface area contributed by atoms with Crippen molar-refractivity contribution in [2.75, 3.05) is 6.54 Å². The monoisotopic (exact) mass is 250 g/mol. The molecule has 0 aliphatic carbocycles. The largest absolute Gasteiger partial charge is 0.349 e. The highest BCUT2D eigenvalue weighted by atomic mass is 32.1. The first-order chi connectivity index (χ1) is 8.27. The van der Waals surface area contributed by atoms with Crippen LogP contribution in [0.25, 0.3) is 0 Å². The van der Waals surface area contributed by atoms with E-state index in [1.807, 2.05) is 11.7 Å². The van der Waals surface area contributed by atoms with Crippen molar-refractivity contribution < 1.29 is 0 Å². The number of H-pyrrole nitrogens is 1. The van der Waals surface area contributed by atoms with Crippen LogP contribution in [0.1, 0.15) is 35.8 Å². The Morgan fingerprint density at radius 3 is 3.00 bits per heavy atom. The summed E-state index contributed by atoms with van der Waals surface area (Å²) in [6.07, 6.45) is 5.75. The zero-order chi connectivity index (χ0) is 12.1. The van der Waals surface area contributed by atoms with Crippen LogP contribution < -0.4 is 5.32 Å². The average Bonchev–Trinajstić information content (AvgIpc) is 2.95. The highest BCUT2D eigenvalue weighted by molar-refractivity contribution is 7.09. The van der Waals surface area contributed by atoms with Crippen LogP contribution in [0.4, 0.5) is 0 Å². The Hall–Kier alpha value is -1.20. The van der Waals surface area contributed by atoms with Crippen LogP contribution in [-0.2, 0) is 6.42 Å². The van der Waals surface area contributed by atoms with Gasteiger partial charge in [0, 0.05) is 29.7 Å². The number of hydrogen-bond acceptors (Lipinski definition) is 4. The minimum atomic E-state index is 0.388. The molecular formula is C12H18N4S. The minimum Gasteiger partial charge on any atom is -0.349 e. The highest BCUT2D eigenvalue weighted by Gasteiger charge is 2.09. The molecule has 1 atom stereocenters. The average molecular weight is 250 g/mol. The lowest BCUT2D eigenvalue weighted by molar-refractivity contribution is 0.559. The lowest BCUT2D eigenvalue weighted by Crippen LogP contribution is -2.20. The highest BCUT2D eigenvalue weighted by Crippen LogP contribution is 2.20. The molecule has 2 N–H and O–H groups in total. The molecule has 0 aliphatic rings. The maximum Gasteiger partial charge on any atom is 0.106 e. The fourth-order valence-corrected chi connectivity index (χ4v) is 2.66. The Morgan fingerprint density at radius 2 is 2.35 bits per heavy atom. The van der Waals surface area contributed by atoms with Crippen molar-refractivity contribution in [3.05, 3.63) is 34.3 Å². The van der Waals surface area contributed by atoms with Crippen LogP contribution in [-0.4, -0.2) is 21.5 Å². The maximum absolute atomic E-state index is 4.27. The van der Waals surface area contributed by atoms with E-state index in [4.69, 9.17) is 0 Å². The molecule has 5 heteroatoms. The predicted molar refractivity (Wildman–Crippen MR) is 70.2 cm³/mol. The number of aromatic nitrogens is 3. The van der Waals surface area contributed by atoms with Crippen LogP contribution in [0.15, 0.2) is 17.9 Å². The van der Waals surface area contributed by atoms with Gasteiger partial charge >= 0.3 is 0 Å². The standard InChI is InChI=1S/C12H18N4S/c1-9(12-10(2)16-8-17-12)13-5-3-4-11-14-6-7-15-11/h6-9,13H,3-5H2,1-2H3,(H,14,15). The normalized spacial score (nSPS) is 12.8. The van der Waals surface area contributed by atoms with Gasteiger partial charge in [0.25, 0.3) is 0 Å². The number of nitrogens with one attached hydrogen (secondary N) is 2. The molecule has 0 aliphatic heterocycles. The molecule has 1 unspecified atom stereocenters. The van der Waals surface area contributed by atoms with E-state index < -0.39 is 0 Å². The summed E-state index contributed by atoms with van der Waals surface area (Å²) >= 11 is 1.72. The number of aromatic amines is 1. The van der Waals surface area contributed by atoms with Crippen molar-refractivity contribution in [2.24, 2.45) is 0 Å². The molecule has 0 spiro atoms. The van der Waals surface area contributed by atoms with Crippen molar-refractivity contribution in [1.82, 2.24) is 20.3 Å². The van der Waals surface area contributed by atoms with Gasteiger partial charge < -0.3 is 10.3 Å². The molecule has 4 nitrogen and oxygen atoms in total. The summed E-state index contributed by atoms with van der Waals surface area (Å²) in [4.78, 5) is 12.9. The fraction of sp³-hybridized carbons (Fsp3) is 0.500. The summed E-state index contributed by atoms with van der Waals surface area (Å²) in [5.41, 5.74) is 3.05. The molecule has 2 aromatic heterocycles. The summed E-state index contributed by atoms with van der Waals surface area (Å²) < 4.78 is 0. The summed E-state index contributed by atoms with van der Waals surface area (Å²) in [7, 11) is 0. The Kier molecular flexibility index (Phi) is 4.28. The summed E-state index contributed by atoms with van der Waals surface area (Å²) in [5, 5.41) is 3.52. The van der Waals surface area contributed by atoms with Crippen LogP contribution in [0.2, 0.25) is 0 Å². The van der Waals surface area contributed by atoms with Gasteiger partial charge in [0.05, 0.1) is 11.2 Å². The zero-order valence-electron chi connectivity index (χ0n) is 10.2. The summed E-state index contributed by atoms with van der Waals surface area (Å²) in [5.74, 6) is 1.06. The Bertz CT molecular complexity index is 435.